The maximum atomic E-state index is 12.8. The van der Waals surface area contributed by atoms with E-state index in [4.69, 9.17) is 9.15 Å². The number of carbonyl (C=O) groups excluding carboxylic acids is 2. The molecule has 150 valence electrons. The van der Waals surface area contributed by atoms with Gasteiger partial charge in [0.2, 0.25) is 5.91 Å². The topological polar surface area (TPSA) is 75.9 Å². The fourth-order valence-electron chi connectivity index (χ4n) is 3.53. The molecule has 2 aromatic carbocycles. The first kappa shape index (κ1) is 19.0. The van der Waals surface area contributed by atoms with E-state index >= 15 is 0 Å². The van der Waals surface area contributed by atoms with Crippen molar-refractivity contribution in [3.8, 4) is 5.75 Å². The molecule has 0 unspecified atom stereocenters. The minimum Gasteiger partial charge on any atom is -0.497 e. The van der Waals surface area contributed by atoms with Crippen molar-refractivity contribution in [2.45, 2.75) is 12.8 Å². The summed E-state index contributed by atoms with van der Waals surface area (Å²) in [5, 5.41) is 0. The van der Waals surface area contributed by atoms with Crippen molar-refractivity contribution in [3.05, 3.63) is 60.0 Å². The summed E-state index contributed by atoms with van der Waals surface area (Å²) in [7, 11) is 1.63. The van der Waals surface area contributed by atoms with Crippen molar-refractivity contribution in [2.24, 2.45) is 0 Å². The number of ether oxygens (including phenoxy) is 1. The van der Waals surface area contributed by atoms with Crippen molar-refractivity contribution in [2.75, 3.05) is 33.3 Å². The van der Waals surface area contributed by atoms with E-state index in [9.17, 15) is 9.59 Å². The molecule has 2 amide bonds. The van der Waals surface area contributed by atoms with Crippen LogP contribution in [0.2, 0.25) is 0 Å². The predicted octanol–water partition coefficient (Wildman–Crippen LogP) is 2.75. The number of aromatic nitrogens is 1. The molecule has 2 heterocycles. The van der Waals surface area contributed by atoms with Crippen LogP contribution in [0.1, 0.15) is 22.3 Å². The van der Waals surface area contributed by atoms with Crippen molar-refractivity contribution in [1.82, 2.24) is 14.8 Å². The minimum atomic E-state index is -0.0415. The quantitative estimate of drug-likeness (QED) is 0.666. The summed E-state index contributed by atoms with van der Waals surface area (Å²) < 4.78 is 10.4. The largest absolute Gasteiger partial charge is 0.497 e. The molecule has 0 radical (unpaired) electrons. The number of oxazole rings is 1. The van der Waals surface area contributed by atoms with Gasteiger partial charge in [-0.2, -0.15) is 0 Å². The third-order valence-electron chi connectivity index (χ3n) is 5.28. The van der Waals surface area contributed by atoms with Crippen LogP contribution in [0.4, 0.5) is 0 Å². The van der Waals surface area contributed by atoms with Gasteiger partial charge in [-0.3, -0.25) is 9.59 Å². The number of amides is 2. The van der Waals surface area contributed by atoms with E-state index in [1.807, 2.05) is 29.2 Å². The first-order valence-corrected chi connectivity index (χ1v) is 9.67. The molecular formula is C22H23N3O4. The molecule has 29 heavy (non-hydrogen) atoms. The van der Waals surface area contributed by atoms with Gasteiger partial charge in [0, 0.05) is 38.2 Å². The lowest BCUT2D eigenvalue weighted by molar-refractivity contribution is -0.132. The zero-order valence-corrected chi connectivity index (χ0v) is 16.3. The van der Waals surface area contributed by atoms with Gasteiger partial charge in [-0.1, -0.05) is 12.1 Å². The first-order valence-electron chi connectivity index (χ1n) is 9.67. The molecule has 0 atom stereocenters. The summed E-state index contributed by atoms with van der Waals surface area (Å²) >= 11 is 0. The van der Waals surface area contributed by atoms with Gasteiger partial charge in [-0.05, 0) is 42.3 Å². The zero-order chi connectivity index (χ0) is 20.2. The zero-order valence-electron chi connectivity index (χ0n) is 16.3. The standard InChI is InChI=1S/C22H23N3O4/c1-28-18-6-2-16(3-7-18)4-9-21(26)24-10-12-25(13-11-24)22(27)17-5-8-20-19(14-17)23-15-29-20/h2-3,5-8,14-15H,4,9-13H2,1H3. The Kier molecular flexibility index (Phi) is 5.46. The summed E-state index contributed by atoms with van der Waals surface area (Å²) in [5.41, 5.74) is 3.03. The maximum Gasteiger partial charge on any atom is 0.254 e. The summed E-state index contributed by atoms with van der Waals surface area (Å²) in [6.07, 6.45) is 2.53. The lowest BCUT2D eigenvalue weighted by atomic mass is 10.1. The molecule has 7 heteroatoms. The number of hydrogen-bond donors (Lipinski definition) is 0. The number of methoxy groups -OCH3 is 1. The van der Waals surface area contributed by atoms with Crippen LogP contribution >= 0.6 is 0 Å². The molecule has 1 aromatic heterocycles. The highest BCUT2D eigenvalue weighted by Gasteiger charge is 2.25. The van der Waals surface area contributed by atoms with Gasteiger partial charge in [0.25, 0.3) is 5.91 Å². The Balaban J connectivity index is 1.28. The number of aryl methyl sites for hydroxylation is 1. The average molecular weight is 393 g/mol. The van der Waals surface area contributed by atoms with Crippen LogP contribution in [0.25, 0.3) is 11.1 Å². The minimum absolute atomic E-state index is 0.0415. The lowest BCUT2D eigenvalue weighted by Gasteiger charge is -2.35. The van der Waals surface area contributed by atoms with Crippen LogP contribution in [-0.4, -0.2) is 59.9 Å². The number of benzene rings is 2. The molecule has 1 fully saturated rings. The van der Waals surface area contributed by atoms with E-state index in [0.717, 1.165) is 11.3 Å². The fraction of sp³-hybridized carbons (Fsp3) is 0.318. The van der Waals surface area contributed by atoms with Gasteiger partial charge in [-0.15, -0.1) is 0 Å². The van der Waals surface area contributed by atoms with Crippen LogP contribution in [0.15, 0.2) is 53.3 Å². The molecule has 1 aliphatic heterocycles. The highest BCUT2D eigenvalue weighted by atomic mass is 16.5. The summed E-state index contributed by atoms with van der Waals surface area (Å²) in [6.45, 7) is 2.17. The third kappa shape index (κ3) is 4.23. The van der Waals surface area contributed by atoms with Gasteiger partial charge in [0.1, 0.15) is 11.3 Å². The number of carbonyl (C=O) groups is 2. The van der Waals surface area contributed by atoms with E-state index in [0.29, 0.717) is 55.7 Å². The van der Waals surface area contributed by atoms with Crippen LogP contribution < -0.4 is 4.74 Å². The number of rotatable bonds is 5. The highest BCUT2D eigenvalue weighted by Crippen LogP contribution is 2.17. The molecular weight excluding hydrogens is 370 g/mol. The molecule has 0 aliphatic carbocycles. The number of fused-ring (bicyclic) bond motifs is 1. The fourth-order valence-corrected chi connectivity index (χ4v) is 3.53. The Bertz CT molecular complexity index is 1000. The molecule has 0 N–H and O–H groups in total. The van der Waals surface area contributed by atoms with E-state index in [1.54, 1.807) is 30.2 Å². The summed E-state index contributed by atoms with van der Waals surface area (Å²) in [4.78, 5) is 33.0. The maximum absolute atomic E-state index is 12.8. The monoisotopic (exact) mass is 393 g/mol. The predicted molar refractivity (Wildman–Crippen MR) is 108 cm³/mol. The van der Waals surface area contributed by atoms with Crippen molar-refractivity contribution >= 4 is 22.9 Å². The average Bonchev–Trinajstić information content (AvgIpc) is 3.25. The highest BCUT2D eigenvalue weighted by molar-refractivity contribution is 5.97. The molecule has 3 aromatic rings. The Morgan fingerprint density at radius 2 is 1.76 bits per heavy atom. The molecule has 1 aliphatic rings. The van der Waals surface area contributed by atoms with E-state index in [2.05, 4.69) is 4.98 Å². The van der Waals surface area contributed by atoms with Crippen LogP contribution in [-0.2, 0) is 11.2 Å². The third-order valence-corrected chi connectivity index (χ3v) is 5.28. The second-order valence-corrected chi connectivity index (χ2v) is 7.06. The van der Waals surface area contributed by atoms with Gasteiger partial charge in [0.05, 0.1) is 7.11 Å². The van der Waals surface area contributed by atoms with Crippen molar-refractivity contribution in [3.63, 3.8) is 0 Å². The van der Waals surface area contributed by atoms with Crippen molar-refractivity contribution in [1.29, 1.82) is 0 Å². The van der Waals surface area contributed by atoms with E-state index in [1.165, 1.54) is 6.39 Å². The molecule has 1 saturated heterocycles. The smallest absolute Gasteiger partial charge is 0.254 e. The molecule has 4 rings (SSSR count). The summed E-state index contributed by atoms with van der Waals surface area (Å²) in [5.74, 6) is 0.890. The normalized spacial score (nSPS) is 14.2. The van der Waals surface area contributed by atoms with E-state index in [-0.39, 0.29) is 11.8 Å². The molecule has 0 spiro atoms. The summed E-state index contributed by atoms with van der Waals surface area (Å²) in [6, 6.07) is 13.0. The van der Waals surface area contributed by atoms with Crippen LogP contribution in [0.3, 0.4) is 0 Å². The molecule has 7 nitrogen and oxygen atoms in total. The van der Waals surface area contributed by atoms with E-state index < -0.39 is 0 Å². The Hall–Kier alpha value is -3.35. The first-order chi connectivity index (χ1) is 14.1. The van der Waals surface area contributed by atoms with Crippen molar-refractivity contribution < 1.29 is 18.7 Å². The van der Waals surface area contributed by atoms with Gasteiger partial charge in [-0.25, -0.2) is 4.98 Å². The Labute approximate surface area is 168 Å². The van der Waals surface area contributed by atoms with Gasteiger partial charge >= 0.3 is 0 Å². The van der Waals surface area contributed by atoms with Gasteiger partial charge in [0.15, 0.2) is 12.0 Å². The second kappa shape index (κ2) is 8.34. The number of nitrogens with zero attached hydrogens (tertiary/aromatic N) is 3. The lowest BCUT2D eigenvalue weighted by Crippen LogP contribution is -2.50. The Morgan fingerprint density at radius 3 is 2.48 bits per heavy atom. The van der Waals surface area contributed by atoms with Crippen LogP contribution in [0.5, 0.6) is 5.75 Å². The SMILES string of the molecule is COc1ccc(CCC(=O)N2CCN(C(=O)c3ccc4ocnc4c3)CC2)cc1. The molecule has 0 bridgehead atoms. The number of hydrogen-bond acceptors (Lipinski definition) is 5. The number of piperazine rings is 1. The van der Waals surface area contributed by atoms with Crippen LogP contribution in [0, 0.1) is 0 Å². The molecule has 0 saturated carbocycles. The second-order valence-electron chi connectivity index (χ2n) is 7.06. The Morgan fingerprint density at radius 1 is 1.03 bits per heavy atom. The van der Waals surface area contributed by atoms with Gasteiger partial charge < -0.3 is 19.0 Å².